The van der Waals surface area contributed by atoms with Crippen molar-refractivity contribution in [3.63, 3.8) is 0 Å². The summed E-state index contributed by atoms with van der Waals surface area (Å²) in [6.45, 7) is 2.30. The van der Waals surface area contributed by atoms with Crippen molar-refractivity contribution in [3.8, 4) is 11.5 Å². The van der Waals surface area contributed by atoms with Gasteiger partial charge in [0.25, 0.3) is 0 Å². The zero-order valence-corrected chi connectivity index (χ0v) is 22.8. The molecule has 39 heavy (non-hydrogen) atoms. The van der Waals surface area contributed by atoms with Gasteiger partial charge in [-0.1, -0.05) is 17.7 Å². The first-order chi connectivity index (χ1) is 18.6. The third-order valence-electron chi connectivity index (χ3n) is 6.73. The standard InChI is InChI=1S/C28H31FN3O6P/c1-17-22(9-19-10-25(37-2)28(26(11-19)38-3)32-16-39(34,35)36)21-7-6-20(29)12-24(21)23(17)13-27(33)31-15-18-5-4-8-30-14-18/h4-8,10-12,14,22,32H,9,13,15-16H2,1-3H3,(H,31,33)(H2,34,35,36). The first kappa shape index (κ1) is 28.3. The fourth-order valence-corrected chi connectivity index (χ4v) is 5.21. The van der Waals surface area contributed by atoms with Crippen molar-refractivity contribution in [2.45, 2.75) is 32.2 Å². The molecule has 0 radical (unpaired) electrons. The average molecular weight is 556 g/mol. The summed E-state index contributed by atoms with van der Waals surface area (Å²) in [5.41, 5.74) is 5.45. The van der Waals surface area contributed by atoms with Crippen molar-refractivity contribution in [2.24, 2.45) is 0 Å². The number of ether oxygens (including phenoxy) is 2. The van der Waals surface area contributed by atoms with Crippen molar-refractivity contribution < 1.29 is 33.0 Å². The minimum atomic E-state index is -4.31. The fourth-order valence-electron chi connectivity index (χ4n) is 4.85. The average Bonchev–Trinajstić information content (AvgIpc) is 3.15. The second kappa shape index (κ2) is 12.0. The number of pyridine rings is 1. The van der Waals surface area contributed by atoms with E-state index in [0.29, 0.717) is 35.7 Å². The van der Waals surface area contributed by atoms with Gasteiger partial charge in [0, 0.05) is 24.9 Å². The van der Waals surface area contributed by atoms with Crippen LogP contribution in [0.4, 0.5) is 10.1 Å². The lowest BCUT2D eigenvalue weighted by atomic mass is 9.89. The van der Waals surface area contributed by atoms with Gasteiger partial charge in [-0.05, 0) is 71.5 Å². The number of anilines is 1. The Morgan fingerprint density at radius 3 is 2.44 bits per heavy atom. The number of aromatic nitrogens is 1. The van der Waals surface area contributed by atoms with Crippen LogP contribution < -0.4 is 20.1 Å². The van der Waals surface area contributed by atoms with E-state index in [2.05, 4.69) is 15.6 Å². The molecule has 0 fully saturated rings. The summed E-state index contributed by atoms with van der Waals surface area (Å²) in [4.78, 5) is 35.5. The van der Waals surface area contributed by atoms with Crippen LogP contribution in [-0.4, -0.2) is 41.2 Å². The Morgan fingerprint density at radius 2 is 1.82 bits per heavy atom. The molecule has 0 saturated carbocycles. The normalized spacial score (nSPS) is 14.7. The highest BCUT2D eigenvalue weighted by Crippen LogP contribution is 2.47. The zero-order valence-electron chi connectivity index (χ0n) is 21.9. The van der Waals surface area contributed by atoms with E-state index in [9.17, 15) is 23.5 Å². The van der Waals surface area contributed by atoms with Crippen LogP contribution in [0.2, 0.25) is 0 Å². The van der Waals surface area contributed by atoms with Crippen LogP contribution in [0, 0.1) is 5.82 Å². The van der Waals surface area contributed by atoms with E-state index >= 15 is 0 Å². The Hall–Kier alpha value is -3.72. The summed E-state index contributed by atoms with van der Waals surface area (Å²) in [6, 6.07) is 11.9. The molecule has 1 unspecified atom stereocenters. The number of hydrogen-bond acceptors (Lipinski definition) is 6. The number of allylic oxidation sites excluding steroid dienone is 1. The Labute approximate surface area is 226 Å². The highest BCUT2D eigenvalue weighted by molar-refractivity contribution is 7.51. The molecule has 0 aliphatic heterocycles. The molecule has 1 heterocycles. The lowest BCUT2D eigenvalue weighted by Crippen LogP contribution is -2.22. The molecule has 4 rings (SSSR count). The van der Waals surface area contributed by atoms with E-state index in [1.165, 1.54) is 26.4 Å². The number of benzene rings is 2. The van der Waals surface area contributed by atoms with Gasteiger partial charge in [-0.2, -0.15) is 0 Å². The summed E-state index contributed by atoms with van der Waals surface area (Å²) >= 11 is 0. The van der Waals surface area contributed by atoms with E-state index < -0.39 is 13.9 Å². The second-order valence-corrected chi connectivity index (χ2v) is 11.0. The summed E-state index contributed by atoms with van der Waals surface area (Å²) < 4.78 is 36.7. The fraction of sp³-hybridized carbons (Fsp3) is 0.286. The van der Waals surface area contributed by atoms with E-state index in [-0.39, 0.29) is 24.1 Å². The third-order valence-corrected chi connectivity index (χ3v) is 7.30. The first-order valence-electron chi connectivity index (χ1n) is 12.3. The number of hydrogen-bond donors (Lipinski definition) is 4. The minimum Gasteiger partial charge on any atom is -0.494 e. The van der Waals surface area contributed by atoms with E-state index in [1.54, 1.807) is 36.7 Å². The number of nitrogens with one attached hydrogen (secondary N) is 2. The maximum Gasteiger partial charge on any atom is 0.344 e. The SMILES string of the molecule is COc1cc(CC2C(C)=C(CC(=O)NCc3cccnc3)c3cc(F)ccc32)cc(OC)c1NCP(=O)(O)O. The van der Waals surface area contributed by atoms with Crippen LogP contribution in [0.15, 0.2) is 60.4 Å². The summed E-state index contributed by atoms with van der Waals surface area (Å²) in [7, 11) is -1.39. The predicted octanol–water partition coefficient (Wildman–Crippen LogP) is 4.60. The van der Waals surface area contributed by atoms with Gasteiger partial charge in [0.05, 0.1) is 20.6 Å². The molecule has 0 bridgehead atoms. The maximum absolute atomic E-state index is 14.3. The van der Waals surface area contributed by atoms with Crippen LogP contribution in [0.5, 0.6) is 11.5 Å². The van der Waals surface area contributed by atoms with Crippen LogP contribution in [-0.2, 0) is 22.3 Å². The summed E-state index contributed by atoms with van der Waals surface area (Å²) in [5, 5.41) is 5.63. The molecular weight excluding hydrogens is 524 g/mol. The highest BCUT2D eigenvalue weighted by atomic mass is 31.2. The lowest BCUT2D eigenvalue weighted by Gasteiger charge is -2.19. The van der Waals surface area contributed by atoms with Gasteiger partial charge in [-0.25, -0.2) is 4.39 Å². The molecule has 1 aliphatic carbocycles. The van der Waals surface area contributed by atoms with E-state index in [1.807, 2.05) is 13.0 Å². The quantitative estimate of drug-likeness (QED) is 0.253. The topological polar surface area (TPSA) is 130 Å². The van der Waals surface area contributed by atoms with Gasteiger partial charge in [0.1, 0.15) is 29.3 Å². The molecule has 206 valence electrons. The number of carbonyl (C=O) groups excluding carboxylic acids is 1. The second-order valence-electron chi connectivity index (χ2n) is 9.34. The van der Waals surface area contributed by atoms with Crippen molar-refractivity contribution in [1.82, 2.24) is 10.3 Å². The number of fused-ring (bicyclic) bond motifs is 1. The number of halogens is 1. The Morgan fingerprint density at radius 1 is 1.10 bits per heavy atom. The maximum atomic E-state index is 14.3. The summed E-state index contributed by atoms with van der Waals surface area (Å²) in [6.07, 6.45) is 3.40. The van der Waals surface area contributed by atoms with Gasteiger partial charge in [0.2, 0.25) is 5.91 Å². The van der Waals surface area contributed by atoms with Gasteiger partial charge in [0.15, 0.2) is 0 Å². The first-order valence-corrected chi connectivity index (χ1v) is 14.1. The molecule has 4 N–H and O–H groups in total. The summed E-state index contributed by atoms with van der Waals surface area (Å²) in [5.74, 6) is 0.0655. The molecule has 11 heteroatoms. The molecule has 0 spiro atoms. The van der Waals surface area contributed by atoms with E-state index in [0.717, 1.165) is 27.8 Å². The van der Waals surface area contributed by atoms with Crippen LogP contribution in [0.25, 0.3) is 5.57 Å². The highest BCUT2D eigenvalue weighted by Gasteiger charge is 2.31. The molecule has 1 atom stereocenters. The third kappa shape index (κ3) is 6.84. The van der Waals surface area contributed by atoms with Gasteiger partial charge < -0.3 is 29.9 Å². The lowest BCUT2D eigenvalue weighted by molar-refractivity contribution is -0.120. The number of nitrogens with zero attached hydrogens (tertiary/aromatic N) is 1. The predicted molar refractivity (Wildman–Crippen MR) is 146 cm³/mol. The molecule has 1 aromatic heterocycles. The number of rotatable bonds is 11. The molecule has 9 nitrogen and oxygen atoms in total. The van der Waals surface area contributed by atoms with Crippen LogP contribution in [0.3, 0.4) is 0 Å². The Bertz CT molecular complexity index is 1420. The van der Waals surface area contributed by atoms with Crippen LogP contribution >= 0.6 is 7.60 Å². The Kier molecular flexibility index (Phi) is 8.70. The number of amides is 1. The molecule has 1 aliphatic rings. The Balaban J connectivity index is 1.60. The van der Waals surface area contributed by atoms with Crippen molar-refractivity contribution in [3.05, 3.63) is 88.5 Å². The number of carbonyl (C=O) groups is 1. The van der Waals surface area contributed by atoms with Crippen LogP contribution in [0.1, 0.15) is 41.5 Å². The molecule has 0 saturated heterocycles. The molecule has 2 aromatic carbocycles. The van der Waals surface area contributed by atoms with Crippen molar-refractivity contribution in [2.75, 3.05) is 25.8 Å². The molecule has 1 amide bonds. The molecular formula is C28H31FN3O6P. The smallest absolute Gasteiger partial charge is 0.344 e. The van der Waals surface area contributed by atoms with Crippen molar-refractivity contribution >= 4 is 24.8 Å². The van der Waals surface area contributed by atoms with Gasteiger partial charge >= 0.3 is 7.60 Å². The van der Waals surface area contributed by atoms with Gasteiger partial charge in [-0.15, -0.1) is 0 Å². The monoisotopic (exact) mass is 555 g/mol. The van der Waals surface area contributed by atoms with E-state index in [4.69, 9.17) is 9.47 Å². The zero-order chi connectivity index (χ0) is 28.2. The number of methoxy groups -OCH3 is 2. The molecule has 3 aromatic rings. The van der Waals surface area contributed by atoms with Gasteiger partial charge in [-0.3, -0.25) is 14.3 Å². The van der Waals surface area contributed by atoms with Crippen molar-refractivity contribution in [1.29, 1.82) is 0 Å². The minimum absolute atomic E-state index is 0.108. The largest absolute Gasteiger partial charge is 0.494 e.